The molecule has 0 radical (unpaired) electrons. The van der Waals surface area contributed by atoms with E-state index in [0.29, 0.717) is 5.41 Å². The molecule has 0 amide bonds. The van der Waals surface area contributed by atoms with E-state index >= 15 is 0 Å². The number of rotatable bonds is 6. The van der Waals surface area contributed by atoms with Crippen molar-refractivity contribution in [2.75, 3.05) is 0 Å². The second-order valence-corrected chi connectivity index (χ2v) is 6.79. The van der Waals surface area contributed by atoms with Crippen LogP contribution in [0.2, 0.25) is 0 Å². The van der Waals surface area contributed by atoms with Crippen molar-refractivity contribution in [3.63, 3.8) is 0 Å². The first-order valence-corrected chi connectivity index (χ1v) is 7.48. The Hall–Kier alpha value is 0. The normalized spacial score (nSPS) is 22.3. The zero-order valence-corrected chi connectivity index (χ0v) is 12.2. The summed E-state index contributed by atoms with van der Waals surface area (Å²) >= 11 is 0. The maximum absolute atomic E-state index is 2.52. The van der Waals surface area contributed by atoms with Gasteiger partial charge in [-0.2, -0.15) is 0 Å². The van der Waals surface area contributed by atoms with E-state index in [0.717, 1.165) is 17.8 Å². The zero-order chi connectivity index (χ0) is 12.2. The van der Waals surface area contributed by atoms with Gasteiger partial charge in [0.25, 0.3) is 0 Å². The molecule has 1 rings (SSSR count). The molecule has 0 aromatic carbocycles. The molecule has 0 bridgehead atoms. The van der Waals surface area contributed by atoms with Gasteiger partial charge in [0.05, 0.1) is 0 Å². The molecule has 0 heterocycles. The second-order valence-electron chi connectivity index (χ2n) is 6.79. The van der Waals surface area contributed by atoms with Crippen LogP contribution in [0.15, 0.2) is 0 Å². The molecule has 0 spiro atoms. The Morgan fingerprint density at radius 2 is 1.62 bits per heavy atom. The summed E-state index contributed by atoms with van der Waals surface area (Å²) in [6.07, 6.45) is 10.1. The Bertz CT molecular complexity index is 186. The van der Waals surface area contributed by atoms with E-state index < -0.39 is 0 Å². The van der Waals surface area contributed by atoms with Crippen LogP contribution in [0.5, 0.6) is 0 Å². The van der Waals surface area contributed by atoms with Crippen molar-refractivity contribution in [1.29, 1.82) is 0 Å². The molecule has 1 saturated carbocycles. The molecular formula is C16H32. The third-order valence-electron chi connectivity index (χ3n) is 5.47. The van der Waals surface area contributed by atoms with Gasteiger partial charge in [0, 0.05) is 0 Å². The van der Waals surface area contributed by atoms with Crippen LogP contribution in [0.4, 0.5) is 0 Å². The van der Waals surface area contributed by atoms with Gasteiger partial charge >= 0.3 is 0 Å². The van der Waals surface area contributed by atoms with Gasteiger partial charge in [-0.1, -0.05) is 60.3 Å². The van der Waals surface area contributed by atoms with Crippen molar-refractivity contribution in [3.05, 3.63) is 0 Å². The first-order valence-electron chi connectivity index (χ1n) is 7.48. The zero-order valence-electron chi connectivity index (χ0n) is 12.2. The maximum atomic E-state index is 2.52. The van der Waals surface area contributed by atoms with Crippen molar-refractivity contribution in [2.24, 2.45) is 23.2 Å². The summed E-state index contributed by atoms with van der Waals surface area (Å²) in [5.74, 6) is 2.81. The van der Waals surface area contributed by atoms with Crippen LogP contribution < -0.4 is 0 Å². The van der Waals surface area contributed by atoms with E-state index in [1.54, 1.807) is 0 Å². The molecule has 0 aromatic rings. The van der Waals surface area contributed by atoms with E-state index in [1.165, 1.54) is 44.9 Å². The molecule has 16 heavy (non-hydrogen) atoms. The lowest BCUT2D eigenvalue weighted by Crippen LogP contribution is -2.29. The lowest BCUT2D eigenvalue weighted by molar-refractivity contribution is 0.116. The van der Waals surface area contributed by atoms with Gasteiger partial charge in [-0.15, -0.1) is 0 Å². The van der Waals surface area contributed by atoms with E-state index in [1.807, 2.05) is 0 Å². The lowest BCUT2D eigenvalue weighted by atomic mass is 9.67. The third kappa shape index (κ3) is 3.50. The summed E-state index contributed by atoms with van der Waals surface area (Å²) in [7, 11) is 0. The second kappa shape index (κ2) is 6.07. The number of hydrogen-bond donors (Lipinski definition) is 0. The predicted octanol–water partition coefficient (Wildman–Crippen LogP) is 5.67. The van der Waals surface area contributed by atoms with Crippen molar-refractivity contribution in [3.8, 4) is 0 Å². The molecule has 0 N–H and O–H groups in total. The highest BCUT2D eigenvalue weighted by atomic mass is 14.4. The molecule has 96 valence electrons. The molecule has 0 nitrogen and oxygen atoms in total. The van der Waals surface area contributed by atoms with Gasteiger partial charge in [-0.05, 0) is 42.4 Å². The van der Waals surface area contributed by atoms with Crippen LogP contribution >= 0.6 is 0 Å². The average molecular weight is 224 g/mol. The topological polar surface area (TPSA) is 0 Å². The summed E-state index contributed by atoms with van der Waals surface area (Å²) in [4.78, 5) is 0. The fourth-order valence-electron chi connectivity index (χ4n) is 3.18. The highest BCUT2D eigenvalue weighted by molar-refractivity contribution is 4.86. The van der Waals surface area contributed by atoms with Gasteiger partial charge in [0.15, 0.2) is 0 Å². The molecule has 0 saturated heterocycles. The van der Waals surface area contributed by atoms with E-state index in [2.05, 4.69) is 34.6 Å². The fraction of sp³-hybridized carbons (Fsp3) is 1.00. The monoisotopic (exact) mass is 224 g/mol. The van der Waals surface area contributed by atoms with E-state index in [9.17, 15) is 0 Å². The molecule has 0 aliphatic heterocycles. The minimum atomic E-state index is 0.573. The van der Waals surface area contributed by atoms with Crippen molar-refractivity contribution < 1.29 is 0 Å². The van der Waals surface area contributed by atoms with Gasteiger partial charge in [-0.3, -0.25) is 0 Å². The molecule has 2 unspecified atom stereocenters. The maximum Gasteiger partial charge on any atom is -0.0300 e. The van der Waals surface area contributed by atoms with Crippen LogP contribution in [0.3, 0.4) is 0 Å². The van der Waals surface area contributed by atoms with Gasteiger partial charge in [0.2, 0.25) is 0 Å². The lowest BCUT2D eigenvalue weighted by Gasteiger charge is -2.38. The van der Waals surface area contributed by atoms with Crippen LogP contribution in [0, 0.1) is 23.2 Å². The predicted molar refractivity (Wildman–Crippen MR) is 73.6 cm³/mol. The van der Waals surface area contributed by atoms with Crippen molar-refractivity contribution >= 4 is 0 Å². The summed E-state index contributed by atoms with van der Waals surface area (Å²) in [6, 6.07) is 0. The highest BCUT2D eigenvalue weighted by Gasteiger charge is 2.35. The summed E-state index contributed by atoms with van der Waals surface area (Å²) in [5, 5.41) is 0. The van der Waals surface area contributed by atoms with Crippen LogP contribution in [-0.2, 0) is 0 Å². The molecule has 1 aliphatic carbocycles. The first-order chi connectivity index (χ1) is 7.48. The largest absolute Gasteiger partial charge is 0.0651 e. The summed E-state index contributed by atoms with van der Waals surface area (Å²) in [5.41, 5.74) is 0.573. The average Bonchev–Trinajstić information content (AvgIpc) is 2.78. The third-order valence-corrected chi connectivity index (χ3v) is 5.47. The first kappa shape index (κ1) is 14.1. The van der Waals surface area contributed by atoms with Crippen LogP contribution in [0.1, 0.15) is 79.6 Å². The quantitative estimate of drug-likeness (QED) is 0.545. The molecular weight excluding hydrogens is 192 g/mol. The molecule has 1 aliphatic rings. The molecule has 1 fully saturated rings. The van der Waals surface area contributed by atoms with Crippen molar-refractivity contribution in [1.82, 2.24) is 0 Å². The summed E-state index contributed by atoms with van der Waals surface area (Å²) in [6.45, 7) is 12.2. The van der Waals surface area contributed by atoms with Gasteiger partial charge < -0.3 is 0 Å². The smallest absolute Gasteiger partial charge is 0.0300 e. The Balaban J connectivity index is 2.41. The SMILES string of the molecule is CCC(C)CCC(C)C(C)(C)C1CCCC1. The Morgan fingerprint density at radius 1 is 1.06 bits per heavy atom. The highest BCUT2D eigenvalue weighted by Crippen LogP contribution is 2.46. The standard InChI is InChI=1S/C16H32/c1-6-13(2)11-12-14(3)16(4,5)15-9-7-8-10-15/h13-15H,6-12H2,1-5H3. The number of hydrogen-bond acceptors (Lipinski definition) is 0. The summed E-state index contributed by atoms with van der Waals surface area (Å²) < 4.78 is 0. The molecule has 0 heteroatoms. The van der Waals surface area contributed by atoms with Crippen LogP contribution in [-0.4, -0.2) is 0 Å². The Morgan fingerprint density at radius 3 is 2.12 bits per heavy atom. The Kier molecular flexibility index (Phi) is 5.34. The van der Waals surface area contributed by atoms with Crippen LogP contribution in [0.25, 0.3) is 0 Å². The fourth-order valence-corrected chi connectivity index (χ4v) is 3.18. The van der Waals surface area contributed by atoms with E-state index in [4.69, 9.17) is 0 Å². The molecule has 0 aromatic heterocycles. The van der Waals surface area contributed by atoms with E-state index in [-0.39, 0.29) is 0 Å². The van der Waals surface area contributed by atoms with Gasteiger partial charge in [-0.25, -0.2) is 0 Å². The molecule has 2 atom stereocenters. The van der Waals surface area contributed by atoms with Crippen molar-refractivity contribution in [2.45, 2.75) is 79.6 Å². The van der Waals surface area contributed by atoms with Gasteiger partial charge in [0.1, 0.15) is 0 Å². The minimum absolute atomic E-state index is 0.573. The minimum Gasteiger partial charge on any atom is -0.0651 e. The Labute approximate surface area is 103 Å².